The Balaban J connectivity index is 1.96. The molecule has 5 nitrogen and oxygen atoms in total. The summed E-state index contributed by atoms with van der Waals surface area (Å²) in [7, 11) is 0. The molecule has 2 atom stereocenters. The van der Waals surface area contributed by atoms with Crippen LogP contribution in [-0.4, -0.2) is 36.1 Å². The van der Waals surface area contributed by atoms with Crippen molar-refractivity contribution in [3.63, 3.8) is 0 Å². The fourth-order valence-electron chi connectivity index (χ4n) is 2.52. The minimum Gasteiger partial charge on any atom is -0.372 e. The van der Waals surface area contributed by atoms with Gasteiger partial charge < -0.3 is 15.0 Å². The Labute approximate surface area is 141 Å². The van der Waals surface area contributed by atoms with E-state index in [9.17, 15) is 10.1 Å². The first-order chi connectivity index (χ1) is 11.0. The van der Waals surface area contributed by atoms with Gasteiger partial charge in [0.2, 0.25) is 0 Å². The van der Waals surface area contributed by atoms with Crippen LogP contribution < -0.4 is 5.32 Å². The summed E-state index contributed by atoms with van der Waals surface area (Å²) < 4.78 is 5.64. The molecule has 1 amide bonds. The van der Waals surface area contributed by atoms with Crippen LogP contribution in [0.4, 0.5) is 0 Å². The van der Waals surface area contributed by atoms with E-state index in [1.54, 1.807) is 18.3 Å². The quantitative estimate of drug-likeness (QED) is 0.679. The Kier molecular flexibility index (Phi) is 6.03. The number of hydrogen-bond acceptors (Lipinski definition) is 4. The summed E-state index contributed by atoms with van der Waals surface area (Å²) in [5.41, 5.74) is 1.02. The SMILES string of the molecule is CC1CN(/C=C(/C#N)C(=O)NCc2ccc(Cl)cc2)CC(C)O1. The Morgan fingerprint density at radius 2 is 2.00 bits per heavy atom. The van der Waals surface area contributed by atoms with Gasteiger partial charge in [-0.2, -0.15) is 5.26 Å². The van der Waals surface area contributed by atoms with Gasteiger partial charge in [-0.1, -0.05) is 23.7 Å². The molecule has 1 saturated heterocycles. The zero-order chi connectivity index (χ0) is 16.8. The average molecular weight is 334 g/mol. The third kappa shape index (κ3) is 5.27. The molecule has 1 aromatic rings. The van der Waals surface area contributed by atoms with E-state index >= 15 is 0 Å². The largest absolute Gasteiger partial charge is 0.372 e. The molecule has 0 saturated carbocycles. The van der Waals surface area contributed by atoms with Crippen LogP contribution in [0.3, 0.4) is 0 Å². The molecule has 1 N–H and O–H groups in total. The van der Waals surface area contributed by atoms with Crippen molar-refractivity contribution in [2.45, 2.75) is 32.6 Å². The molecule has 0 aromatic heterocycles. The van der Waals surface area contributed by atoms with Crippen molar-refractivity contribution in [1.82, 2.24) is 10.2 Å². The third-order valence-corrected chi connectivity index (χ3v) is 3.74. The smallest absolute Gasteiger partial charge is 0.263 e. The number of benzene rings is 1. The Morgan fingerprint density at radius 1 is 1.39 bits per heavy atom. The summed E-state index contributed by atoms with van der Waals surface area (Å²) in [6.07, 6.45) is 1.77. The summed E-state index contributed by atoms with van der Waals surface area (Å²) in [6, 6.07) is 9.17. The van der Waals surface area contributed by atoms with E-state index in [2.05, 4.69) is 5.32 Å². The number of rotatable bonds is 4. The molecule has 2 rings (SSSR count). The number of morpholine rings is 1. The first kappa shape index (κ1) is 17.3. The van der Waals surface area contributed by atoms with E-state index in [1.807, 2.05) is 36.9 Å². The summed E-state index contributed by atoms with van der Waals surface area (Å²) in [5, 5.41) is 12.6. The molecule has 6 heteroatoms. The molecule has 1 fully saturated rings. The van der Waals surface area contributed by atoms with Crippen LogP contribution in [0.2, 0.25) is 5.02 Å². The van der Waals surface area contributed by atoms with Gasteiger partial charge in [-0.3, -0.25) is 4.79 Å². The lowest BCUT2D eigenvalue weighted by molar-refractivity contribution is -0.117. The van der Waals surface area contributed by atoms with Gasteiger partial charge >= 0.3 is 0 Å². The highest BCUT2D eigenvalue weighted by atomic mass is 35.5. The van der Waals surface area contributed by atoms with Crippen molar-refractivity contribution in [1.29, 1.82) is 5.26 Å². The molecule has 1 aromatic carbocycles. The second kappa shape index (κ2) is 8.00. The molecule has 1 aliphatic rings. The lowest BCUT2D eigenvalue weighted by atomic mass is 10.2. The summed E-state index contributed by atoms with van der Waals surface area (Å²) in [6.45, 7) is 5.64. The molecule has 1 aliphatic heterocycles. The molecule has 23 heavy (non-hydrogen) atoms. The van der Waals surface area contributed by atoms with Crippen molar-refractivity contribution < 1.29 is 9.53 Å². The summed E-state index contributed by atoms with van der Waals surface area (Å²) in [4.78, 5) is 14.1. The number of ether oxygens (including phenoxy) is 1. The number of amides is 1. The minimum absolute atomic E-state index is 0.0760. The first-order valence-corrected chi connectivity index (χ1v) is 7.90. The van der Waals surface area contributed by atoms with Crippen molar-refractivity contribution in [2.24, 2.45) is 0 Å². The summed E-state index contributed by atoms with van der Waals surface area (Å²) in [5.74, 6) is -0.380. The molecular formula is C17H20ClN3O2. The van der Waals surface area contributed by atoms with Gasteiger partial charge in [-0.25, -0.2) is 0 Å². The molecule has 122 valence electrons. The Bertz CT molecular complexity index is 612. The first-order valence-electron chi connectivity index (χ1n) is 7.52. The number of carbonyl (C=O) groups is 1. The lowest BCUT2D eigenvalue weighted by Crippen LogP contribution is -2.43. The molecule has 2 unspecified atom stereocenters. The molecule has 0 spiro atoms. The maximum absolute atomic E-state index is 12.2. The minimum atomic E-state index is -0.380. The zero-order valence-corrected chi connectivity index (χ0v) is 14.0. The van der Waals surface area contributed by atoms with E-state index in [1.165, 1.54) is 0 Å². The van der Waals surface area contributed by atoms with Crippen LogP contribution in [0, 0.1) is 11.3 Å². The van der Waals surface area contributed by atoms with Crippen LogP contribution in [0.25, 0.3) is 0 Å². The maximum atomic E-state index is 12.2. The van der Waals surface area contributed by atoms with Crippen LogP contribution >= 0.6 is 11.6 Å². The van der Waals surface area contributed by atoms with Crippen molar-refractivity contribution in [2.75, 3.05) is 13.1 Å². The Morgan fingerprint density at radius 3 is 2.57 bits per heavy atom. The van der Waals surface area contributed by atoms with E-state index in [-0.39, 0.29) is 23.7 Å². The number of carbonyl (C=O) groups excluding carboxylic acids is 1. The van der Waals surface area contributed by atoms with Crippen molar-refractivity contribution >= 4 is 17.5 Å². The summed E-state index contributed by atoms with van der Waals surface area (Å²) >= 11 is 5.82. The second-order valence-corrected chi connectivity index (χ2v) is 6.11. The molecular weight excluding hydrogens is 314 g/mol. The number of nitriles is 1. The third-order valence-electron chi connectivity index (χ3n) is 3.49. The molecule has 1 heterocycles. The number of nitrogens with one attached hydrogen (secondary N) is 1. The van der Waals surface area contributed by atoms with Gasteiger partial charge in [0.25, 0.3) is 5.91 Å². The second-order valence-electron chi connectivity index (χ2n) is 5.67. The van der Waals surface area contributed by atoms with E-state index in [4.69, 9.17) is 16.3 Å². The van der Waals surface area contributed by atoms with E-state index in [0.717, 1.165) is 5.56 Å². The van der Waals surface area contributed by atoms with Gasteiger partial charge in [-0.05, 0) is 31.5 Å². The highest BCUT2D eigenvalue weighted by molar-refractivity contribution is 6.30. The predicted octanol–water partition coefficient (Wildman–Crippen LogP) is 2.47. The van der Waals surface area contributed by atoms with Gasteiger partial charge in [0, 0.05) is 30.9 Å². The van der Waals surface area contributed by atoms with Crippen LogP contribution in [0.15, 0.2) is 36.0 Å². The van der Waals surface area contributed by atoms with Gasteiger partial charge in [0.15, 0.2) is 0 Å². The fourth-order valence-corrected chi connectivity index (χ4v) is 2.65. The predicted molar refractivity (Wildman–Crippen MR) is 88.6 cm³/mol. The topological polar surface area (TPSA) is 65.4 Å². The van der Waals surface area contributed by atoms with Crippen LogP contribution in [0.5, 0.6) is 0 Å². The van der Waals surface area contributed by atoms with Crippen LogP contribution in [-0.2, 0) is 16.1 Å². The zero-order valence-electron chi connectivity index (χ0n) is 13.3. The van der Waals surface area contributed by atoms with Crippen molar-refractivity contribution in [3.05, 3.63) is 46.6 Å². The fraction of sp³-hybridized carbons (Fsp3) is 0.412. The monoisotopic (exact) mass is 333 g/mol. The number of halogens is 1. The Hall–Kier alpha value is -2.03. The highest BCUT2D eigenvalue weighted by Crippen LogP contribution is 2.13. The van der Waals surface area contributed by atoms with E-state index in [0.29, 0.717) is 24.7 Å². The van der Waals surface area contributed by atoms with Gasteiger partial charge in [-0.15, -0.1) is 0 Å². The van der Waals surface area contributed by atoms with E-state index < -0.39 is 0 Å². The molecule has 0 radical (unpaired) electrons. The lowest BCUT2D eigenvalue weighted by Gasteiger charge is -2.34. The number of hydrogen-bond donors (Lipinski definition) is 1. The van der Waals surface area contributed by atoms with Crippen LogP contribution in [0.1, 0.15) is 19.4 Å². The molecule has 0 bridgehead atoms. The van der Waals surface area contributed by atoms with Gasteiger partial charge in [0.1, 0.15) is 11.6 Å². The normalized spacial score (nSPS) is 21.7. The maximum Gasteiger partial charge on any atom is 0.263 e. The van der Waals surface area contributed by atoms with Gasteiger partial charge in [0.05, 0.1) is 12.2 Å². The number of nitrogens with zero attached hydrogens (tertiary/aromatic N) is 2. The molecule has 0 aliphatic carbocycles. The highest BCUT2D eigenvalue weighted by Gasteiger charge is 2.21. The average Bonchev–Trinajstić information content (AvgIpc) is 2.51. The van der Waals surface area contributed by atoms with Crippen molar-refractivity contribution in [3.8, 4) is 6.07 Å². The standard InChI is InChI=1S/C17H20ClN3O2/c1-12-9-21(10-13(2)23-12)11-15(7-19)17(22)20-8-14-3-5-16(18)6-4-14/h3-6,11-13H,8-10H2,1-2H3,(H,20,22)/b15-11-.